The Balaban J connectivity index is 2.60. The van der Waals surface area contributed by atoms with Gasteiger partial charge in [-0.2, -0.15) is 0 Å². The van der Waals surface area contributed by atoms with Gasteiger partial charge in [-0.1, -0.05) is 36.9 Å². The first kappa shape index (κ1) is 11.6. The summed E-state index contributed by atoms with van der Waals surface area (Å²) in [5.41, 5.74) is 8.59. The minimum Gasteiger partial charge on any atom is -0.324 e. The van der Waals surface area contributed by atoms with E-state index < -0.39 is 0 Å². The van der Waals surface area contributed by atoms with E-state index in [9.17, 15) is 0 Å². The van der Waals surface area contributed by atoms with Crippen LogP contribution < -0.4 is 5.73 Å². The number of rotatable bonds is 5. The Labute approximate surface area is 88.7 Å². The van der Waals surface area contributed by atoms with Crippen LogP contribution in [-0.2, 0) is 0 Å². The number of hydrogen-bond donors (Lipinski definition) is 1. The van der Waals surface area contributed by atoms with Crippen molar-refractivity contribution in [2.45, 2.75) is 46.0 Å². The molecule has 0 saturated heterocycles. The molecule has 1 atom stereocenters. The summed E-state index contributed by atoms with van der Waals surface area (Å²) in [6, 6.07) is 0.220. The molecule has 1 rings (SSSR count). The molecule has 0 unspecified atom stereocenters. The molecule has 1 aliphatic carbocycles. The molecule has 2 N–H and O–H groups in total. The summed E-state index contributed by atoms with van der Waals surface area (Å²) in [5.74, 6) is 0.836. The highest BCUT2D eigenvalue weighted by molar-refractivity contribution is 6.44. The van der Waals surface area contributed by atoms with Crippen LogP contribution >= 0.6 is 0 Å². The molecular formula is C12H21BN. The molecule has 0 aromatic heterocycles. The van der Waals surface area contributed by atoms with Crippen molar-refractivity contribution in [1.29, 1.82) is 0 Å². The molecule has 77 valence electrons. The Bertz CT molecular complexity index is 239. The van der Waals surface area contributed by atoms with E-state index in [1.165, 1.54) is 23.9 Å². The van der Waals surface area contributed by atoms with Crippen LogP contribution in [0, 0.1) is 5.92 Å². The van der Waals surface area contributed by atoms with E-state index >= 15 is 0 Å². The Hall–Kier alpha value is -0.495. The van der Waals surface area contributed by atoms with Crippen molar-refractivity contribution < 1.29 is 0 Å². The lowest BCUT2D eigenvalue weighted by molar-refractivity contribution is 0.739. The molecule has 0 aromatic carbocycles. The average Bonchev–Trinajstić information content (AvgIpc) is 2.99. The fraction of sp³-hybridized carbons (Fsp3) is 0.667. The van der Waals surface area contributed by atoms with Gasteiger partial charge in [0.15, 0.2) is 0 Å². The van der Waals surface area contributed by atoms with E-state index in [1.54, 1.807) is 0 Å². The van der Waals surface area contributed by atoms with Crippen LogP contribution in [0.4, 0.5) is 0 Å². The second-order valence-electron chi connectivity index (χ2n) is 4.20. The molecule has 1 nitrogen and oxygen atoms in total. The Morgan fingerprint density at radius 1 is 1.57 bits per heavy atom. The molecular weight excluding hydrogens is 169 g/mol. The van der Waals surface area contributed by atoms with Crippen LogP contribution in [0.5, 0.6) is 0 Å². The van der Waals surface area contributed by atoms with Crippen molar-refractivity contribution in [3.05, 3.63) is 23.2 Å². The van der Waals surface area contributed by atoms with E-state index in [2.05, 4.69) is 40.1 Å². The van der Waals surface area contributed by atoms with Gasteiger partial charge >= 0.3 is 0 Å². The highest BCUT2D eigenvalue weighted by Crippen LogP contribution is 2.31. The van der Waals surface area contributed by atoms with Gasteiger partial charge in [0.25, 0.3) is 0 Å². The molecule has 0 bridgehead atoms. The Morgan fingerprint density at radius 2 is 2.21 bits per heavy atom. The SMILES string of the molecule is C[B]C(=C/C1CC1)/C=C(\C)[C@H](N)CC. The summed E-state index contributed by atoms with van der Waals surface area (Å²) in [4.78, 5) is 0. The van der Waals surface area contributed by atoms with Crippen molar-refractivity contribution in [2.24, 2.45) is 11.7 Å². The van der Waals surface area contributed by atoms with Gasteiger partial charge in [0.2, 0.25) is 0 Å². The average molecular weight is 190 g/mol. The fourth-order valence-electron chi connectivity index (χ4n) is 1.45. The van der Waals surface area contributed by atoms with E-state index in [4.69, 9.17) is 5.73 Å². The van der Waals surface area contributed by atoms with Gasteiger partial charge in [-0.25, -0.2) is 0 Å². The minimum atomic E-state index is 0.220. The van der Waals surface area contributed by atoms with Crippen molar-refractivity contribution in [3.63, 3.8) is 0 Å². The summed E-state index contributed by atoms with van der Waals surface area (Å²) < 4.78 is 0. The minimum absolute atomic E-state index is 0.220. The van der Waals surface area contributed by atoms with Crippen LogP contribution in [-0.4, -0.2) is 13.3 Å². The van der Waals surface area contributed by atoms with E-state index in [-0.39, 0.29) is 6.04 Å². The predicted molar refractivity (Wildman–Crippen MR) is 64.4 cm³/mol. The normalized spacial score (nSPS) is 20.9. The smallest absolute Gasteiger partial charge is 0.147 e. The lowest BCUT2D eigenvalue weighted by Crippen LogP contribution is -2.20. The molecule has 2 heteroatoms. The lowest BCUT2D eigenvalue weighted by atomic mass is 9.71. The van der Waals surface area contributed by atoms with Gasteiger partial charge in [-0.15, -0.1) is 0 Å². The summed E-state index contributed by atoms with van der Waals surface area (Å²) in [5, 5.41) is 0. The maximum Gasteiger partial charge on any atom is 0.147 e. The second-order valence-corrected chi connectivity index (χ2v) is 4.20. The van der Waals surface area contributed by atoms with Crippen molar-refractivity contribution in [3.8, 4) is 0 Å². The van der Waals surface area contributed by atoms with E-state index in [1.807, 2.05) is 0 Å². The summed E-state index contributed by atoms with van der Waals surface area (Å²) in [6.07, 6.45) is 8.34. The quantitative estimate of drug-likeness (QED) is 0.523. The van der Waals surface area contributed by atoms with Gasteiger partial charge in [-0.3, -0.25) is 0 Å². The number of nitrogens with two attached hydrogens (primary N) is 1. The molecule has 0 amide bonds. The summed E-state index contributed by atoms with van der Waals surface area (Å²) in [7, 11) is 2.17. The molecule has 1 saturated carbocycles. The molecule has 0 heterocycles. The van der Waals surface area contributed by atoms with E-state index in [0.29, 0.717) is 0 Å². The highest BCUT2D eigenvalue weighted by Gasteiger charge is 2.18. The third-order valence-corrected chi connectivity index (χ3v) is 2.80. The number of hydrogen-bond acceptors (Lipinski definition) is 1. The first-order valence-electron chi connectivity index (χ1n) is 5.62. The van der Waals surface area contributed by atoms with Crippen LogP contribution in [0.15, 0.2) is 23.2 Å². The van der Waals surface area contributed by atoms with Crippen LogP contribution in [0.2, 0.25) is 6.82 Å². The fourth-order valence-corrected chi connectivity index (χ4v) is 1.45. The largest absolute Gasteiger partial charge is 0.324 e. The topological polar surface area (TPSA) is 26.0 Å². The van der Waals surface area contributed by atoms with Gasteiger partial charge < -0.3 is 5.73 Å². The van der Waals surface area contributed by atoms with Crippen molar-refractivity contribution in [1.82, 2.24) is 0 Å². The maximum atomic E-state index is 5.96. The maximum absolute atomic E-state index is 5.96. The molecule has 0 aromatic rings. The van der Waals surface area contributed by atoms with Gasteiger partial charge in [0.1, 0.15) is 7.28 Å². The second kappa shape index (κ2) is 5.40. The summed E-state index contributed by atoms with van der Waals surface area (Å²) >= 11 is 0. The molecule has 1 fully saturated rings. The molecule has 0 aliphatic heterocycles. The van der Waals surface area contributed by atoms with Crippen LogP contribution in [0.3, 0.4) is 0 Å². The molecule has 1 aliphatic rings. The zero-order valence-corrected chi connectivity index (χ0v) is 9.59. The molecule has 0 spiro atoms. The van der Waals surface area contributed by atoms with Crippen LogP contribution in [0.25, 0.3) is 0 Å². The van der Waals surface area contributed by atoms with Crippen LogP contribution in [0.1, 0.15) is 33.1 Å². The standard InChI is InChI=1S/C12H21BN/c1-4-12(14)9(2)7-11(13-3)8-10-5-6-10/h7-8,10,12H,4-6,14H2,1-3H3/b9-7+,11-8+/t12-/m1/s1. The summed E-state index contributed by atoms with van der Waals surface area (Å²) in [6.45, 7) is 6.34. The highest BCUT2D eigenvalue weighted by atomic mass is 14.6. The predicted octanol–water partition coefficient (Wildman–Crippen LogP) is 2.72. The van der Waals surface area contributed by atoms with Crippen molar-refractivity contribution >= 4 is 7.28 Å². The Morgan fingerprint density at radius 3 is 2.64 bits per heavy atom. The number of allylic oxidation sites excluding steroid dienone is 3. The van der Waals surface area contributed by atoms with Crippen molar-refractivity contribution in [2.75, 3.05) is 0 Å². The monoisotopic (exact) mass is 190 g/mol. The van der Waals surface area contributed by atoms with Gasteiger partial charge in [-0.05, 0) is 32.1 Å². The third kappa shape index (κ3) is 3.71. The first-order chi connectivity index (χ1) is 6.67. The Kier molecular flexibility index (Phi) is 4.47. The first-order valence-corrected chi connectivity index (χ1v) is 5.62. The lowest BCUT2D eigenvalue weighted by Gasteiger charge is -2.10. The zero-order chi connectivity index (χ0) is 10.6. The molecule has 14 heavy (non-hydrogen) atoms. The van der Waals surface area contributed by atoms with Gasteiger partial charge in [0.05, 0.1) is 0 Å². The van der Waals surface area contributed by atoms with E-state index in [0.717, 1.165) is 12.3 Å². The van der Waals surface area contributed by atoms with Gasteiger partial charge in [0, 0.05) is 6.04 Å². The molecule has 1 radical (unpaired) electrons. The third-order valence-electron chi connectivity index (χ3n) is 2.80. The zero-order valence-electron chi connectivity index (χ0n) is 9.59.